The lowest BCUT2D eigenvalue weighted by Crippen LogP contribution is -2.49. The minimum Gasteiger partial charge on any atom is -0.337 e. The van der Waals surface area contributed by atoms with Crippen molar-refractivity contribution >= 4 is 45.4 Å². The molecule has 1 aromatic carbocycles. The van der Waals surface area contributed by atoms with Crippen molar-refractivity contribution in [1.82, 2.24) is 4.98 Å². The highest BCUT2D eigenvalue weighted by Crippen LogP contribution is 2.56. The first-order valence-corrected chi connectivity index (χ1v) is 9.82. The molecule has 2 N–H and O–H groups in total. The van der Waals surface area contributed by atoms with Gasteiger partial charge in [0.25, 0.3) is 0 Å². The fourth-order valence-electron chi connectivity index (χ4n) is 5.60. The molecule has 4 saturated carbocycles. The molecular formula is C18H20N2OS2. The van der Waals surface area contributed by atoms with Gasteiger partial charge in [0.15, 0.2) is 3.95 Å². The topological polar surface area (TPSA) is 44.9 Å². The number of thiazole rings is 1. The number of nitrogens with one attached hydrogen (secondary N) is 2. The van der Waals surface area contributed by atoms with E-state index in [1.54, 1.807) is 11.3 Å². The van der Waals surface area contributed by atoms with Crippen LogP contribution >= 0.6 is 23.6 Å². The summed E-state index contributed by atoms with van der Waals surface area (Å²) >= 11 is 6.75. The van der Waals surface area contributed by atoms with Gasteiger partial charge in [0.2, 0.25) is 5.91 Å². The monoisotopic (exact) mass is 344 g/mol. The van der Waals surface area contributed by atoms with Gasteiger partial charge in [-0.15, -0.1) is 11.3 Å². The van der Waals surface area contributed by atoms with E-state index in [-0.39, 0.29) is 11.8 Å². The minimum atomic E-state index is 0.239. The van der Waals surface area contributed by atoms with Crippen LogP contribution in [0.3, 0.4) is 0 Å². The van der Waals surface area contributed by atoms with Crippen molar-refractivity contribution in [2.45, 2.75) is 32.1 Å². The molecule has 2 aromatic rings. The Labute approximate surface area is 144 Å². The van der Waals surface area contributed by atoms with Gasteiger partial charge in [-0.05, 0) is 86.2 Å². The molecule has 4 aliphatic carbocycles. The molecule has 120 valence electrons. The van der Waals surface area contributed by atoms with E-state index in [4.69, 9.17) is 12.2 Å². The zero-order valence-corrected chi connectivity index (χ0v) is 14.5. The average Bonchev–Trinajstić information content (AvgIpc) is 2.85. The van der Waals surface area contributed by atoms with Gasteiger partial charge >= 0.3 is 0 Å². The maximum atomic E-state index is 12.9. The fraction of sp³-hybridized carbons (Fsp3) is 0.556. The molecule has 0 aliphatic heterocycles. The van der Waals surface area contributed by atoms with Gasteiger partial charge < -0.3 is 10.3 Å². The van der Waals surface area contributed by atoms with Gasteiger partial charge in [0.1, 0.15) is 0 Å². The van der Waals surface area contributed by atoms with E-state index >= 15 is 0 Å². The lowest BCUT2D eigenvalue weighted by Gasteiger charge is -2.53. The van der Waals surface area contributed by atoms with Crippen molar-refractivity contribution in [3.63, 3.8) is 0 Å². The van der Waals surface area contributed by atoms with Crippen molar-refractivity contribution in [1.29, 1.82) is 0 Å². The van der Waals surface area contributed by atoms with Crippen LogP contribution in [-0.2, 0) is 4.79 Å². The van der Waals surface area contributed by atoms with Crippen LogP contribution in [-0.4, -0.2) is 10.9 Å². The van der Waals surface area contributed by atoms with Gasteiger partial charge in [-0.2, -0.15) is 0 Å². The van der Waals surface area contributed by atoms with E-state index in [0.29, 0.717) is 11.8 Å². The molecule has 23 heavy (non-hydrogen) atoms. The number of anilines is 1. The number of fused-ring (bicyclic) bond motifs is 1. The number of aromatic amines is 1. The van der Waals surface area contributed by atoms with Gasteiger partial charge in [-0.25, -0.2) is 0 Å². The third kappa shape index (κ3) is 2.36. The van der Waals surface area contributed by atoms with Crippen LogP contribution in [0.15, 0.2) is 18.2 Å². The molecule has 0 saturated heterocycles. The molecule has 0 radical (unpaired) electrons. The number of carbonyl (C=O) groups excluding carboxylic acids is 1. The van der Waals surface area contributed by atoms with E-state index in [0.717, 1.165) is 31.7 Å². The smallest absolute Gasteiger partial charge is 0.228 e. The van der Waals surface area contributed by atoms with Crippen LogP contribution in [0.5, 0.6) is 0 Å². The van der Waals surface area contributed by atoms with Gasteiger partial charge in [-0.1, -0.05) is 0 Å². The first-order chi connectivity index (χ1) is 11.2. The normalized spacial score (nSPS) is 34.9. The lowest BCUT2D eigenvalue weighted by atomic mass is 9.51. The Morgan fingerprint density at radius 2 is 1.83 bits per heavy atom. The van der Waals surface area contributed by atoms with Crippen molar-refractivity contribution in [2.75, 3.05) is 5.32 Å². The zero-order chi connectivity index (χ0) is 15.6. The van der Waals surface area contributed by atoms with Gasteiger partial charge in [0, 0.05) is 11.6 Å². The number of benzene rings is 1. The van der Waals surface area contributed by atoms with Crippen LogP contribution < -0.4 is 5.32 Å². The lowest BCUT2D eigenvalue weighted by molar-refractivity contribution is -0.132. The third-order valence-corrected chi connectivity index (χ3v) is 7.42. The van der Waals surface area contributed by atoms with E-state index in [9.17, 15) is 4.79 Å². The number of amides is 1. The maximum Gasteiger partial charge on any atom is 0.228 e. The highest BCUT2D eigenvalue weighted by atomic mass is 32.1. The summed E-state index contributed by atoms with van der Waals surface area (Å²) in [5.74, 6) is 3.56. The fourth-order valence-corrected chi connectivity index (χ4v) is 6.76. The summed E-state index contributed by atoms with van der Waals surface area (Å²) in [4.78, 5) is 16.1. The first-order valence-electron chi connectivity index (χ1n) is 8.59. The van der Waals surface area contributed by atoms with E-state index in [2.05, 4.69) is 10.3 Å². The van der Waals surface area contributed by atoms with Crippen molar-refractivity contribution < 1.29 is 4.79 Å². The molecule has 0 unspecified atom stereocenters. The molecule has 1 aromatic heterocycles. The molecular weight excluding hydrogens is 324 g/mol. The standard InChI is InChI=1S/C18H20N2OS2/c21-17(16-11-4-9-3-10(6-11)7-12(16)5-9)19-13-1-2-14-15(8-13)23-18(22)20-14/h1-2,8-12,16H,3-7H2,(H,19,21)(H,20,22). The van der Waals surface area contributed by atoms with E-state index in [1.165, 1.54) is 32.1 Å². The molecule has 4 bridgehead atoms. The predicted octanol–water partition coefficient (Wildman–Crippen LogP) is 4.97. The molecule has 4 aliphatic rings. The zero-order valence-electron chi connectivity index (χ0n) is 12.9. The summed E-state index contributed by atoms with van der Waals surface area (Å²) in [6, 6.07) is 6.03. The second kappa shape index (κ2) is 5.15. The number of rotatable bonds is 2. The minimum absolute atomic E-state index is 0.239. The molecule has 5 heteroatoms. The second-order valence-electron chi connectivity index (χ2n) is 7.67. The van der Waals surface area contributed by atoms with Crippen LogP contribution in [0.4, 0.5) is 5.69 Å². The molecule has 4 fully saturated rings. The number of hydrogen-bond acceptors (Lipinski definition) is 3. The largest absolute Gasteiger partial charge is 0.337 e. The van der Waals surface area contributed by atoms with E-state index < -0.39 is 0 Å². The number of carbonyl (C=O) groups is 1. The highest BCUT2D eigenvalue weighted by molar-refractivity contribution is 7.73. The van der Waals surface area contributed by atoms with Crippen LogP contribution in [0.25, 0.3) is 10.2 Å². The van der Waals surface area contributed by atoms with Crippen molar-refractivity contribution in [2.24, 2.45) is 29.6 Å². The molecule has 0 spiro atoms. The van der Waals surface area contributed by atoms with Crippen LogP contribution in [0, 0.1) is 33.5 Å². The molecule has 1 heterocycles. The Bertz CT molecular complexity index is 809. The van der Waals surface area contributed by atoms with Crippen LogP contribution in [0.2, 0.25) is 0 Å². The Morgan fingerprint density at radius 3 is 2.52 bits per heavy atom. The number of aromatic nitrogens is 1. The summed E-state index contributed by atoms with van der Waals surface area (Å²) in [6.45, 7) is 0. The molecule has 1 amide bonds. The Kier molecular flexibility index (Phi) is 3.17. The Hall–Kier alpha value is -1.20. The molecule has 6 rings (SSSR count). The summed E-state index contributed by atoms with van der Waals surface area (Å²) in [5.41, 5.74) is 1.95. The molecule has 3 nitrogen and oxygen atoms in total. The van der Waals surface area contributed by atoms with Gasteiger partial charge in [-0.3, -0.25) is 4.79 Å². The third-order valence-electron chi connectivity index (χ3n) is 6.22. The number of hydrogen-bond donors (Lipinski definition) is 2. The second-order valence-corrected chi connectivity index (χ2v) is 9.39. The predicted molar refractivity (Wildman–Crippen MR) is 96.2 cm³/mol. The van der Waals surface area contributed by atoms with Crippen LogP contribution in [0.1, 0.15) is 32.1 Å². The summed E-state index contributed by atoms with van der Waals surface area (Å²) in [6.07, 6.45) is 6.55. The summed E-state index contributed by atoms with van der Waals surface area (Å²) in [7, 11) is 0. The molecule has 0 atom stereocenters. The van der Waals surface area contributed by atoms with Crippen molar-refractivity contribution in [3.05, 3.63) is 22.2 Å². The Balaban J connectivity index is 1.39. The highest BCUT2D eigenvalue weighted by Gasteiger charge is 2.50. The quantitative estimate of drug-likeness (QED) is 0.756. The van der Waals surface area contributed by atoms with Crippen molar-refractivity contribution in [3.8, 4) is 0 Å². The average molecular weight is 345 g/mol. The number of H-pyrrole nitrogens is 1. The van der Waals surface area contributed by atoms with Gasteiger partial charge in [0.05, 0.1) is 10.2 Å². The SMILES string of the molecule is O=C(Nc1ccc2[nH]c(=S)sc2c1)C1C2CC3CC(C2)CC1C3. The maximum absolute atomic E-state index is 12.9. The summed E-state index contributed by atoms with van der Waals surface area (Å²) < 4.78 is 1.89. The first kappa shape index (κ1) is 14.2. The summed E-state index contributed by atoms with van der Waals surface area (Å²) in [5, 5.41) is 3.19. The Morgan fingerprint density at radius 1 is 1.13 bits per heavy atom. The van der Waals surface area contributed by atoms with E-state index in [1.807, 2.05) is 18.2 Å².